The topological polar surface area (TPSA) is 67.8 Å². The van der Waals surface area contributed by atoms with Crippen LogP contribution in [-0.4, -0.2) is 14.5 Å². The van der Waals surface area contributed by atoms with Crippen LogP contribution < -0.4 is 11.2 Å². The molecule has 0 aliphatic carbocycles. The average Bonchev–Trinajstić information content (AvgIpc) is 2.45. The molecule has 3 rings (SSSR count). The summed E-state index contributed by atoms with van der Waals surface area (Å²) >= 11 is 0. The van der Waals surface area contributed by atoms with E-state index >= 15 is 0 Å². The Balaban J connectivity index is 2.14. The van der Waals surface area contributed by atoms with Crippen LogP contribution in [0.25, 0.3) is 11.0 Å². The van der Waals surface area contributed by atoms with E-state index in [1.807, 2.05) is 0 Å². The fraction of sp³-hybridized carbons (Fsp3) is 0.0714. The highest BCUT2D eigenvalue weighted by Crippen LogP contribution is 2.04. The van der Waals surface area contributed by atoms with Crippen LogP contribution in [0.2, 0.25) is 0 Å². The first-order valence-corrected chi connectivity index (χ1v) is 5.97. The lowest BCUT2D eigenvalue weighted by Crippen LogP contribution is -2.35. The first-order valence-electron chi connectivity index (χ1n) is 5.97. The van der Waals surface area contributed by atoms with Crippen LogP contribution in [0.15, 0.2) is 52.2 Å². The summed E-state index contributed by atoms with van der Waals surface area (Å²) in [7, 11) is 0. The van der Waals surface area contributed by atoms with Gasteiger partial charge in [0.2, 0.25) is 0 Å². The Morgan fingerprint density at radius 2 is 1.90 bits per heavy atom. The smallest absolute Gasteiger partial charge is 0.305 e. The molecule has 3 aromatic rings. The molecule has 0 bridgehead atoms. The summed E-state index contributed by atoms with van der Waals surface area (Å²) in [5.41, 5.74) is 0.287. The Hall–Kier alpha value is -2.76. The van der Waals surface area contributed by atoms with Gasteiger partial charge in [-0.25, -0.2) is 14.2 Å². The molecule has 0 radical (unpaired) electrons. The van der Waals surface area contributed by atoms with Gasteiger partial charge in [0.15, 0.2) is 5.52 Å². The van der Waals surface area contributed by atoms with Gasteiger partial charge in [-0.3, -0.25) is 9.36 Å². The molecule has 100 valence electrons. The lowest BCUT2D eigenvalue weighted by molar-refractivity contribution is 0.625. The molecule has 2 heterocycles. The zero-order chi connectivity index (χ0) is 14.1. The van der Waals surface area contributed by atoms with Gasteiger partial charge in [-0.2, -0.15) is 0 Å². The Kier molecular flexibility index (Phi) is 2.90. The molecule has 0 atom stereocenters. The van der Waals surface area contributed by atoms with Crippen LogP contribution >= 0.6 is 0 Å². The standard InChI is InChI=1S/C14H10FN3O2/c15-10-5-3-9(4-6-10)8-18-13(19)12-11(17-14(18)20)2-1-7-16-12/h1-7H,8H2,(H,17,20). The van der Waals surface area contributed by atoms with E-state index in [2.05, 4.69) is 9.97 Å². The summed E-state index contributed by atoms with van der Waals surface area (Å²) in [6, 6.07) is 8.89. The molecule has 0 aliphatic heterocycles. The molecule has 5 nitrogen and oxygen atoms in total. The van der Waals surface area contributed by atoms with Crippen molar-refractivity contribution in [3.8, 4) is 0 Å². The van der Waals surface area contributed by atoms with E-state index in [9.17, 15) is 14.0 Å². The number of hydrogen-bond donors (Lipinski definition) is 1. The summed E-state index contributed by atoms with van der Waals surface area (Å²) in [6.45, 7) is 0.0704. The maximum atomic E-state index is 12.8. The highest BCUT2D eigenvalue weighted by molar-refractivity contribution is 5.71. The second-order valence-electron chi connectivity index (χ2n) is 4.35. The van der Waals surface area contributed by atoms with Gasteiger partial charge in [0.1, 0.15) is 5.82 Å². The van der Waals surface area contributed by atoms with Gasteiger partial charge < -0.3 is 4.98 Å². The van der Waals surface area contributed by atoms with Crippen molar-refractivity contribution in [3.05, 3.63) is 74.8 Å². The molecule has 1 N–H and O–H groups in total. The number of H-pyrrole nitrogens is 1. The molecule has 0 unspecified atom stereocenters. The third-order valence-electron chi connectivity index (χ3n) is 3.00. The van der Waals surface area contributed by atoms with E-state index in [0.29, 0.717) is 11.1 Å². The van der Waals surface area contributed by atoms with Crippen LogP contribution in [0.1, 0.15) is 5.56 Å². The molecule has 0 spiro atoms. The van der Waals surface area contributed by atoms with Crippen molar-refractivity contribution in [1.29, 1.82) is 0 Å². The highest BCUT2D eigenvalue weighted by Gasteiger charge is 2.08. The van der Waals surface area contributed by atoms with Crippen LogP contribution in [-0.2, 0) is 6.54 Å². The molecule has 0 saturated carbocycles. The molecule has 20 heavy (non-hydrogen) atoms. The maximum Gasteiger partial charge on any atom is 0.329 e. The fourth-order valence-electron chi connectivity index (χ4n) is 2.00. The van der Waals surface area contributed by atoms with Gasteiger partial charge >= 0.3 is 5.69 Å². The first-order chi connectivity index (χ1) is 9.65. The second kappa shape index (κ2) is 4.73. The lowest BCUT2D eigenvalue weighted by atomic mass is 10.2. The monoisotopic (exact) mass is 271 g/mol. The minimum atomic E-state index is -0.514. The van der Waals surface area contributed by atoms with Gasteiger partial charge in [0.05, 0.1) is 12.1 Å². The van der Waals surface area contributed by atoms with Crippen LogP contribution in [0.4, 0.5) is 4.39 Å². The van der Waals surface area contributed by atoms with E-state index in [1.54, 1.807) is 12.1 Å². The summed E-state index contributed by atoms with van der Waals surface area (Å²) in [5.74, 6) is -0.366. The summed E-state index contributed by atoms with van der Waals surface area (Å²) in [6.07, 6.45) is 1.49. The Bertz CT molecular complexity index is 881. The zero-order valence-corrected chi connectivity index (χ0v) is 10.3. The number of nitrogens with one attached hydrogen (secondary N) is 1. The number of rotatable bonds is 2. The van der Waals surface area contributed by atoms with E-state index < -0.39 is 11.2 Å². The molecule has 2 aromatic heterocycles. The number of aromatic amines is 1. The molecule has 0 aliphatic rings. The largest absolute Gasteiger partial charge is 0.329 e. The number of hydrogen-bond acceptors (Lipinski definition) is 3. The van der Waals surface area contributed by atoms with Gasteiger partial charge in [-0.15, -0.1) is 0 Å². The molecule has 0 amide bonds. The molecule has 6 heteroatoms. The maximum absolute atomic E-state index is 12.8. The van der Waals surface area contributed by atoms with Gasteiger partial charge in [-0.05, 0) is 29.8 Å². The number of aromatic nitrogens is 3. The Morgan fingerprint density at radius 3 is 2.65 bits per heavy atom. The summed E-state index contributed by atoms with van der Waals surface area (Å²) < 4.78 is 13.9. The number of fused-ring (bicyclic) bond motifs is 1. The minimum Gasteiger partial charge on any atom is -0.305 e. The van der Waals surface area contributed by atoms with E-state index in [0.717, 1.165) is 4.57 Å². The SMILES string of the molecule is O=c1[nH]c2cccnc2c(=O)n1Cc1ccc(F)cc1. The quantitative estimate of drug-likeness (QED) is 0.763. The minimum absolute atomic E-state index is 0.0704. The molecular weight excluding hydrogens is 261 g/mol. The Morgan fingerprint density at radius 1 is 1.15 bits per heavy atom. The predicted octanol–water partition coefficient (Wildman–Crippen LogP) is 1.27. The summed E-state index contributed by atoms with van der Waals surface area (Å²) in [4.78, 5) is 30.7. The van der Waals surface area contributed by atoms with Crippen molar-refractivity contribution in [3.63, 3.8) is 0 Å². The predicted molar refractivity (Wildman–Crippen MR) is 72.1 cm³/mol. The zero-order valence-electron chi connectivity index (χ0n) is 10.3. The third-order valence-corrected chi connectivity index (χ3v) is 3.00. The summed E-state index contributed by atoms with van der Waals surface area (Å²) in [5, 5.41) is 0. The van der Waals surface area contributed by atoms with Gasteiger partial charge in [0, 0.05) is 6.20 Å². The molecule has 0 fully saturated rings. The molecule has 0 saturated heterocycles. The number of pyridine rings is 1. The second-order valence-corrected chi connectivity index (χ2v) is 4.35. The van der Waals surface area contributed by atoms with Crippen molar-refractivity contribution in [2.75, 3.05) is 0 Å². The van der Waals surface area contributed by atoms with E-state index in [-0.39, 0.29) is 17.9 Å². The van der Waals surface area contributed by atoms with Crippen molar-refractivity contribution < 1.29 is 4.39 Å². The molecule has 1 aromatic carbocycles. The number of halogens is 1. The van der Waals surface area contributed by atoms with E-state index in [4.69, 9.17) is 0 Å². The lowest BCUT2D eigenvalue weighted by Gasteiger charge is -2.06. The third kappa shape index (κ3) is 2.11. The van der Waals surface area contributed by atoms with Crippen LogP contribution in [0.5, 0.6) is 0 Å². The van der Waals surface area contributed by atoms with Gasteiger partial charge in [-0.1, -0.05) is 12.1 Å². The van der Waals surface area contributed by atoms with Crippen LogP contribution in [0, 0.1) is 5.82 Å². The number of benzene rings is 1. The molecular formula is C14H10FN3O2. The van der Waals surface area contributed by atoms with Crippen molar-refractivity contribution in [2.24, 2.45) is 0 Å². The van der Waals surface area contributed by atoms with Gasteiger partial charge in [0.25, 0.3) is 5.56 Å². The van der Waals surface area contributed by atoms with Crippen molar-refractivity contribution in [1.82, 2.24) is 14.5 Å². The normalized spacial score (nSPS) is 10.8. The Labute approximate surface area is 112 Å². The highest BCUT2D eigenvalue weighted by atomic mass is 19.1. The van der Waals surface area contributed by atoms with Crippen LogP contribution in [0.3, 0.4) is 0 Å². The van der Waals surface area contributed by atoms with Crippen molar-refractivity contribution >= 4 is 11.0 Å². The fourth-order valence-corrected chi connectivity index (χ4v) is 2.00. The first kappa shape index (κ1) is 12.3. The van der Waals surface area contributed by atoms with E-state index in [1.165, 1.54) is 30.5 Å². The number of nitrogens with zero attached hydrogens (tertiary/aromatic N) is 2. The van der Waals surface area contributed by atoms with Crippen molar-refractivity contribution in [2.45, 2.75) is 6.54 Å². The average molecular weight is 271 g/mol.